The number of nitrogens with one attached hydrogen (secondary N) is 1. The normalized spacial score (nSPS) is 14.4. The average Bonchev–Trinajstić information content (AvgIpc) is 2.87. The van der Waals surface area contributed by atoms with Gasteiger partial charge in [0.15, 0.2) is 0 Å². The molecule has 1 aliphatic rings. The topological polar surface area (TPSA) is 80.1 Å². The van der Waals surface area contributed by atoms with Gasteiger partial charge in [-0.15, -0.1) is 0 Å². The van der Waals surface area contributed by atoms with Gasteiger partial charge in [0.1, 0.15) is 0 Å². The number of amides is 1. The fourth-order valence-corrected chi connectivity index (χ4v) is 3.29. The molecular weight excluding hydrogens is 318 g/mol. The van der Waals surface area contributed by atoms with Gasteiger partial charge in [-0.1, -0.05) is 0 Å². The van der Waals surface area contributed by atoms with Gasteiger partial charge in [0, 0.05) is 32.0 Å². The number of rotatable bonds is 4. The minimum Gasteiger partial charge on any atom is -0.370 e. The van der Waals surface area contributed by atoms with E-state index < -0.39 is 11.7 Å². The van der Waals surface area contributed by atoms with E-state index in [9.17, 15) is 9.59 Å². The lowest BCUT2D eigenvalue weighted by Gasteiger charge is -2.30. The van der Waals surface area contributed by atoms with Crippen LogP contribution in [-0.2, 0) is 11.8 Å². The number of anilines is 2. The van der Waals surface area contributed by atoms with Crippen LogP contribution in [0.25, 0.3) is 0 Å². The van der Waals surface area contributed by atoms with Gasteiger partial charge in [0.25, 0.3) is 11.7 Å². The van der Waals surface area contributed by atoms with E-state index in [0.717, 1.165) is 31.6 Å². The molecule has 25 heavy (non-hydrogen) atoms. The smallest absolute Gasteiger partial charge is 0.297 e. The Morgan fingerprint density at radius 1 is 1.16 bits per heavy atom. The highest BCUT2D eigenvalue weighted by atomic mass is 16.2. The molecule has 2 aromatic rings. The highest BCUT2D eigenvalue weighted by molar-refractivity contribution is 6.47. The summed E-state index contributed by atoms with van der Waals surface area (Å²) in [6, 6.07) is 1.88. The van der Waals surface area contributed by atoms with Gasteiger partial charge in [-0.05, 0) is 39.2 Å². The van der Waals surface area contributed by atoms with Crippen molar-refractivity contribution in [2.45, 2.75) is 33.1 Å². The molecule has 7 nitrogen and oxygen atoms in total. The van der Waals surface area contributed by atoms with Crippen LogP contribution in [0.3, 0.4) is 0 Å². The average molecular weight is 341 g/mol. The van der Waals surface area contributed by atoms with E-state index in [2.05, 4.69) is 20.3 Å². The minimum absolute atomic E-state index is 0.364. The SMILES string of the molecule is Cc1nn(C)c(C)c1C(=O)C(=O)Nc1cnccc1N1CCCCC1. The van der Waals surface area contributed by atoms with Crippen molar-refractivity contribution in [1.29, 1.82) is 0 Å². The third kappa shape index (κ3) is 3.40. The van der Waals surface area contributed by atoms with Crippen LogP contribution in [-0.4, -0.2) is 39.5 Å². The lowest BCUT2D eigenvalue weighted by atomic mass is 10.1. The summed E-state index contributed by atoms with van der Waals surface area (Å²) in [4.78, 5) is 31.4. The second kappa shape index (κ2) is 7.04. The Bertz CT molecular complexity index is 806. The highest BCUT2D eigenvalue weighted by Gasteiger charge is 2.25. The first kappa shape index (κ1) is 17.1. The maximum atomic E-state index is 12.6. The molecular formula is C18H23N5O2. The third-order valence-electron chi connectivity index (χ3n) is 4.69. The number of Topliss-reactive ketones (excluding diaryl/α,β-unsaturated/α-hetero) is 1. The van der Waals surface area contributed by atoms with E-state index >= 15 is 0 Å². The van der Waals surface area contributed by atoms with Crippen LogP contribution in [0.5, 0.6) is 0 Å². The quantitative estimate of drug-likeness (QED) is 0.681. The lowest BCUT2D eigenvalue weighted by molar-refractivity contribution is -0.112. The van der Waals surface area contributed by atoms with Crippen LogP contribution in [0, 0.1) is 13.8 Å². The fraction of sp³-hybridized carbons (Fsp3) is 0.444. The second-order valence-electron chi connectivity index (χ2n) is 6.39. The highest BCUT2D eigenvalue weighted by Crippen LogP contribution is 2.27. The molecule has 2 aromatic heterocycles. The standard InChI is InChI=1S/C18H23N5O2/c1-12-16(13(2)22(3)21-12)17(24)18(25)20-14-11-19-8-7-15(14)23-9-5-4-6-10-23/h7-8,11H,4-6,9-10H2,1-3H3,(H,20,25). The molecule has 0 unspecified atom stereocenters. The summed E-state index contributed by atoms with van der Waals surface area (Å²) >= 11 is 0. The molecule has 0 aromatic carbocycles. The van der Waals surface area contributed by atoms with Crippen molar-refractivity contribution in [1.82, 2.24) is 14.8 Å². The number of nitrogens with zero attached hydrogens (tertiary/aromatic N) is 4. The van der Waals surface area contributed by atoms with E-state index in [-0.39, 0.29) is 0 Å². The summed E-state index contributed by atoms with van der Waals surface area (Å²) < 4.78 is 1.61. The number of aryl methyl sites for hydroxylation is 2. The maximum absolute atomic E-state index is 12.6. The largest absolute Gasteiger partial charge is 0.370 e. The first-order valence-electron chi connectivity index (χ1n) is 8.54. The van der Waals surface area contributed by atoms with Gasteiger partial charge in [-0.2, -0.15) is 5.10 Å². The number of hydrogen-bond donors (Lipinski definition) is 1. The van der Waals surface area contributed by atoms with Crippen LogP contribution in [0.2, 0.25) is 0 Å². The minimum atomic E-state index is -0.662. The number of piperidine rings is 1. The molecule has 0 spiro atoms. The van der Waals surface area contributed by atoms with Crippen molar-refractivity contribution in [3.05, 3.63) is 35.4 Å². The monoisotopic (exact) mass is 341 g/mol. The molecule has 3 heterocycles. The molecule has 1 aliphatic heterocycles. The molecule has 0 atom stereocenters. The zero-order valence-electron chi connectivity index (χ0n) is 14.9. The van der Waals surface area contributed by atoms with Crippen LogP contribution in [0.15, 0.2) is 18.5 Å². The summed E-state index contributed by atoms with van der Waals surface area (Å²) in [6.07, 6.45) is 6.78. The Morgan fingerprint density at radius 2 is 1.88 bits per heavy atom. The van der Waals surface area contributed by atoms with E-state index in [1.807, 2.05) is 6.07 Å². The molecule has 0 radical (unpaired) electrons. The Hall–Kier alpha value is -2.70. The molecule has 0 saturated carbocycles. The summed E-state index contributed by atoms with van der Waals surface area (Å²) in [6.45, 7) is 5.41. The molecule has 1 saturated heterocycles. The molecule has 7 heteroatoms. The number of pyridine rings is 1. The van der Waals surface area contributed by atoms with Gasteiger partial charge in [-0.25, -0.2) is 0 Å². The van der Waals surface area contributed by atoms with Crippen molar-refractivity contribution >= 4 is 23.1 Å². The molecule has 0 bridgehead atoms. The zero-order valence-corrected chi connectivity index (χ0v) is 14.9. The first-order chi connectivity index (χ1) is 12.0. The van der Waals surface area contributed by atoms with Crippen LogP contribution in [0.4, 0.5) is 11.4 Å². The van der Waals surface area contributed by atoms with Crippen molar-refractivity contribution in [3.63, 3.8) is 0 Å². The Balaban J connectivity index is 1.82. The van der Waals surface area contributed by atoms with Crippen LogP contribution >= 0.6 is 0 Å². The lowest BCUT2D eigenvalue weighted by Crippen LogP contribution is -2.31. The Labute approximate surface area is 147 Å². The molecule has 1 amide bonds. The van der Waals surface area contributed by atoms with Gasteiger partial charge in [0.05, 0.1) is 28.8 Å². The van der Waals surface area contributed by atoms with Crippen molar-refractivity contribution in [2.75, 3.05) is 23.3 Å². The number of aromatic nitrogens is 3. The molecule has 132 valence electrons. The molecule has 1 N–H and O–H groups in total. The van der Waals surface area contributed by atoms with Crippen molar-refractivity contribution in [2.24, 2.45) is 7.05 Å². The van der Waals surface area contributed by atoms with Gasteiger partial charge < -0.3 is 10.2 Å². The van der Waals surface area contributed by atoms with E-state index in [0.29, 0.717) is 22.6 Å². The van der Waals surface area contributed by atoms with Gasteiger partial charge in [0.2, 0.25) is 0 Å². The number of carbonyl (C=O) groups excluding carboxylic acids is 2. The van der Waals surface area contributed by atoms with E-state index in [1.54, 1.807) is 38.0 Å². The summed E-state index contributed by atoms with van der Waals surface area (Å²) in [5, 5.41) is 6.95. The number of carbonyl (C=O) groups is 2. The summed E-state index contributed by atoms with van der Waals surface area (Å²) in [7, 11) is 1.76. The Kier molecular flexibility index (Phi) is 4.83. The first-order valence-corrected chi connectivity index (χ1v) is 8.54. The fourth-order valence-electron chi connectivity index (χ4n) is 3.29. The number of hydrogen-bond acceptors (Lipinski definition) is 5. The van der Waals surface area contributed by atoms with E-state index in [4.69, 9.17) is 0 Å². The van der Waals surface area contributed by atoms with Gasteiger partial charge >= 0.3 is 0 Å². The van der Waals surface area contributed by atoms with Crippen LogP contribution in [0.1, 0.15) is 41.0 Å². The third-order valence-corrected chi connectivity index (χ3v) is 4.69. The predicted octanol–water partition coefficient (Wildman–Crippen LogP) is 2.24. The maximum Gasteiger partial charge on any atom is 0.297 e. The summed E-state index contributed by atoms with van der Waals surface area (Å²) in [5.41, 5.74) is 3.09. The zero-order chi connectivity index (χ0) is 18.0. The second-order valence-corrected chi connectivity index (χ2v) is 6.39. The van der Waals surface area contributed by atoms with Crippen molar-refractivity contribution in [3.8, 4) is 0 Å². The van der Waals surface area contributed by atoms with Gasteiger partial charge in [-0.3, -0.25) is 19.3 Å². The summed E-state index contributed by atoms with van der Waals surface area (Å²) in [5.74, 6) is -1.23. The molecule has 3 rings (SSSR count). The Morgan fingerprint density at radius 3 is 2.52 bits per heavy atom. The molecule has 1 fully saturated rings. The van der Waals surface area contributed by atoms with E-state index in [1.165, 1.54) is 6.42 Å². The number of ketones is 1. The van der Waals surface area contributed by atoms with Crippen molar-refractivity contribution < 1.29 is 9.59 Å². The van der Waals surface area contributed by atoms with Crippen LogP contribution < -0.4 is 10.2 Å². The predicted molar refractivity (Wildman–Crippen MR) is 95.9 cm³/mol. The molecule has 0 aliphatic carbocycles.